The quantitative estimate of drug-likeness (QED) is 0.295. The normalized spacial score (nSPS) is 18.0. The minimum atomic E-state index is -0.147. The van der Waals surface area contributed by atoms with Gasteiger partial charge in [-0.05, 0) is 49.5 Å². The van der Waals surface area contributed by atoms with Crippen LogP contribution in [0, 0.1) is 0 Å². The van der Waals surface area contributed by atoms with E-state index >= 15 is 0 Å². The summed E-state index contributed by atoms with van der Waals surface area (Å²) in [7, 11) is 2.10. The van der Waals surface area contributed by atoms with Crippen LogP contribution in [0.15, 0.2) is 46.7 Å². The number of imide groups is 1. The number of carbonyl (C=O) groups excluding carboxylic acids is 2. The van der Waals surface area contributed by atoms with E-state index in [4.69, 9.17) is 0 Å². The van der Waals surface area contributed by atoms with E-state index in [1.54, 1.807) is 18.0 Å². The first-order chi connectivity index (χ1) is 14.1. The summed E-state index contributed by atoms with van der Waals surface area (Å²) in [6.07, 6.45) is 7.39. The van der Waals surface area contributed by atoms with Crippen molar-refractivity contribution in [2.24, 2.45) is 0 Å². The zero-order valence-electron chi connectivity index (χ0n) is 17.7. The first-order valence-electron chi connectivity index (χ1n) is 9.85. The molecule has 0 atom stereocenters. The van der Waals surface area contributed by atoms with Gasteiger partial charge in [0.2, 0.25) is 0 Å². The average molecular weight is 541 g/mol. The molecule has 0 N–H and O–H groups in total. The van der Waals surface area contributed by atoms with E-state index in [9.17, 15) is 9.59 Å². The molecular weight excluding hydrogens is 513 g/mol. The van der Waals surface area contributed by atoms with Crippen molar-refractivity contribution in [2.75, 3.05) is 45.5 Å². The number of imidazole rings is 1. The molecule has 2 aliphatic rings. The number of halogens is 3. The molecule has 32 heavy (non-hydrogen) atoms. The van der Waals surface area contributed by atoms with E-state index in [1.165, 1.54) is 4.90 Å². The molecule has 2 aliphatic heterocycles. The zero-order chi connectivity index (χ0) is 20.2. The standard InChI is InChI=1S/C20H25N5O2S2.3ClH/c1-22-10-12-23(13-11-22)15-16-19(26)25(20(27)29-16)8-2-3-14-28-18-6-4-5-17-21-7-9-24(17)18;;;/h4-7,9,15H,2-3,8,10-14H2,1H3;3*1H. The molecule has 4 rings (SSSR count). The lowest BCUT2D eigenvalue weighted by molar-refractivity contribution is -0.122. The second-order valence-corrected chi connectivity index (χ2v) is 9.34. The van der Waals surface area contributed by atoms with Gasteiger partial charge < -0.3 is 9.80 Å². The number of rotatable bonds is 7. The molecule has 0 saturated carbocycles. The summed E-state index contributed by atoms with van der Waals surface area (Å²) in [5, 5.41) is 1.01. The van der Waals surface area contributed by atoms with Gasteiger partial charge in [-0.25, -0.2) is 4.98 Å². The van der Waals surface area contributed by atoms with Gasteiger partial charge in [-0.3, -0.25) is 18.9 Å². The first-order valence-corrected chi connectivity index (χ1v) is 11.6. The number of hydrogen-bond donors (Lipinski definition) is 0. The number of hydrogen-bond acceptors (Lipinski definition) is 7. The lowest BCUT2D eigenvalue weighted by Gasteiger charge is -2.31. The third-order valence-corrected chi connectivity index (χ3v) is 7.14. The Morgan fingerprint density at radius 1 is 1.09 bits per heavy atom. The summed E-state index contributed by atoms with van der Waals surface area (Å²) in [4.78, 5) is 35.6. The van der Waals surface area contributed by atoms with Gasteiger partial charge in [0, 0.05) is 51.3 Å². The molecule has 2 aromatic rings. The zero-order valence-corrected chi connectivity index (χ0v) is 21.8. The fourth-order valence-corrected chi connectivity index (χ4v) is 5.29. The minimum Gasteiger partial charge on any atom is -0.374 e. The summed E-state index contributed by atoms with van der Waals surface area (Å²) in [6.45, 7) is 4.22. The Balaban J connectivity index is 0.00000171. The van der Waals surface area contributed by atoms with Crippen molar-refractivity contribution in [3.8, 4) is 0 Å². The highest BCUT2D eigenvalue weighted by Crippen LogP contribution is 2.31. The van der Waals surface area contributed by atoms with Gasteiger partial charge in [0.25, 0.3) is 11.1 Å². The molecule has 2 amide bonds. The van der Waals surface area contributed by atoms with Gasteiger partial charge in [-0.1, -0.05) is 6.07 Å². The molecule has 12 heteroatoms. The van der Waals surface area contributed by atoms with Crippen LogP contribution in [0.3, 0.4) is 0 Å². The first kappa shape index (κ1) is 28.9. The van der Waals surface area contributed by atoms with Crippen molar-refractivity contribution < 1.29 is 9.59 Å². The molecule has 0 unspecified atom stereocenters. The Bertz CT molecular complexity index is 935. The largest absolute Gasteiger partial charge is 0.374 e. The maximum absolute atomic E-state index is 12.6. The second kappa shape index (κ2) is 13.6. The highest BCUT2D eigenvalue weighted by atomic mass is 35.5. The molecule has 0 aliphatic carbocycles. The third kappa shape index (κ3) is 6.95. The van der Waals surface area contributed by atoms with Gasteiger partial charge in [0.1, 0.15) is 5.65 Å². The number of nitrogens with zero attached hydrogens (tertiary/aromatic N) is 5. The van der Waals surface area contributed by atoms with E-state index in [1.807, 2.05) is 24.5 Å². The second-order valence-electron chi connectivity index (χ2n) is 7.23. The lowest BCUT2D eigenvalue weighted by Crippen LogP contribution is -2.42. The van der Waals surface area contributed by atoms with Gasteiger partial charge >= 0.3 is 0 Å². The molecule has 178 valence electrons. The summed E-state index contributed by atoms with van der Waals surface area (Å²) in [6, 6.07) is 6.08. The van der Waals surface area contributed by atoms with Crippen molar-refractivity contribution in [2.45, 2.75) is 17.9 Å². The third-order valence-electron chi connectivity index (χ3n) is 5.13. The van der Waals surface area contributed by atoms with E-state index < -0.39 is 0 Å². The van der Waals surface area contributed by atoms with Gasteiger partial charge in [0.05, 0.1) is 9.93 Å². The summed E-state index contributed by atoms with van der Waals surface area (Å²) >= 11 is 2.84. The van der Waals surface area contributed by atoms with Crippen LogP contribution in [0.4, 0.5) is 4.79 Å². The van der Waals surface area contributed by atoms with Crippen molar-refractivity contribution in [1.82, 2.24) is 24.1 Å². The Morgan fingerprint density at radius 3 is 2.59 bits per heavy atom. The van der Waals surface area contributed by atoms with E-state index in [2.05, 4.69) is 32.3 Å². The van der Waals surface area contributed by atoms with Crippen LogP contribution in [-0.2, 0) is 4.79 Å². The lowest BCUT2D eigenvalue weighted by atomic mass is 10.3. The number of likely N-dealkylation sites (N-methyl/N-ethyl adjacent to an activating group) is 1. The van der Waals surface area contributed by atoms with Crippen molar-refractivity contribution >= 4 is 77.5 Å². The molecule has 2 fully saturated rings. The van der Waals surface area contributed by atoms with Gasteiger partial charge in [-0.15, -0.1) is 49.0 Å². The Morgan fingerprint density at radius 2 is 1.84 bits per heavy atom. The molecule has 2 aromatic heterocycles. The maximum atomic E-state index is 12.6. The molecule has 0 spiro atoms. The number of fused-ring (bicyclic) bond motifs is 1. The van der Waals surface area contributed by atoms with Crippen LogP contribution in [0.2, 0.25) is 0 Å². The smallest absolute Gasteiger partial charge is 0.293 e. The van der Waals surface area contributed by atoms with Crippen molar-refractivity contribution in [3.05, 3.63) is 41.7 Å². The number of piperazine rings is 1. The highest BCUT2D eigenvalue weighted by molar-refractivity contribution is 8.18. The summed E-state index contributed by atoms with van der Waals surface area (Å²) in [5.74, 6) is 0.791. The molecular formula is C20H28Cl3N5O2S2. The fourth-order valence-electron chi connectivity index (χ4n) is 3.39. The molecule has 0 aromatic carbocycles. The van der Waals surface area contributed by atoms with Crippen LogP contribution in [0.5, 0.6) is 0 Å². The highest BCUT2D eigenvalue weighted by Gasteiger charge is 2.35. The van der Waals surface area contributed by atoms with E-state index in [0.29, 0.717) is 11.4 Å². The number of thioether (sulfide) groups is 2. The maximum Gasteiger partial charge on any atom is 0.293 e. The fraction of sp³-hybridized carbons (Fsp3) is 0.450. The summed E-state index contributed by atoms with van der Waals surface area (Å²) in [5.41, 5.74) is 0.944. The number of unbranched alkanes of at least 4 members (excludes halogenated alkanes) is 1. The Labute approximate surface area is 215 Å². The van der Waals surface area contributed by atoms with Gasteiger partial charge in [0.15, 0.2) is 0 Å². The van der Waals surface area contributed by atoms with Crippen LogP contribution < -0.4 is 0 Å². The predicted octanol–water partition coefficient (Wildman–Crippen LogP) is 4.26. The van der Waals surface area contributed by atoms with Crippen LogP contribution >= 0.6 is 60.7 Å². The Kier molecular flexibility index (Phi) is 12.3. The molecule has 4 heterocycles. The molecule has 2 saturated heterocycles. The molecule has 0 radical (unpaired) electrons. The molecule has 7 nitrogen and oxygen atoms in total. The summed E-state index contributed by atoms with van der Waals surface area (Å²) < 4.78 is 2.07. The van der Waals surface area contributed by atoms with Crippen molar-refractivity contribution in [1.29, 1.82) is 0 Å². The van der Waals surface area contributed by atoms with Crippen LogP contribution in [0.1, 0.15) is 12.8 Å². The molecule has 0 bridgehead atoms. The number of carbonyl (C=O) groups is 2. The van der Waals surface area contributed by atoms with Crippen LogP contribution in [-0.4, -0.2) is 80.8 Å². The number of pyridine rings is 1. The van der Waals surface area contributed by atoms with E-state index in [-0.39, 0.29) is 48.4 Å². The van der Waals surface area contributed by atoms with Crippen molar-refractivity contribution in [3.63, 3.8) is 0 Å². The van der Waals surface area contributed by atoms with Crippen LogP contribution in [0.25, 0.3) is 5.65 Å². The Hall–Kier alpha value is -1.10. The average Bonchev–Trinajstić information content (AvgIpc) is 3.30. The topological polar surface area (TPSA) is 61.2 Å². The monoisotopic (exact) mass is 539 g/mol. The minimum absolute atomic E-state index is 0. The number of aromatic nitrogens is 2. The number of amides is 2. The van der Waals surface area contributed by atoms with Gasteiger partial charge in [-0.2, -0.15) is 0 Å². The predicted molar refractivity (Wildman–Crippen MR) is 139 cm³/mol. The van der Waals surface area contributed by atoms with E-state index in [0.717, 1.165) is 67.2 Å². The SMILES string of the molecule is CN1CCN(C=C2SC(=O)N(CCCCSc3cccc4nccn34)C2=O)CC1.Cl.Cl.Cl.